The lowest BCUT2D eigenvalue weighted by Gasteiger charge is -2.30. The normalized spacial score (nSPS) is 17.6. The number of thiophene rings is 1. The van der Waals surface area contributed by atoms with Crippen LogP contribution in [0.3, 0.4) is 0 Å². The lowest BCUT2D eigenvalue weighted by atomic mass is 10.1. The van der Waals surface area contributed by atoms with Crippen molar-refractivity contribution in [2.24, 2.45) is 5.73 Å². The van der Waals surface area contributed by atoms with Crippen LogP contribution in [-0.2, 0) is 14.8 Å². The molecule has 0 radical (unpaired) electrons. The molecule has 1 aromatic rings. The van der Waals surface area contributed by atoms with Crippen molar-refractivity contribution in [1.29, 1.82) is 0 Å². The van der Waals surface area contributed by atoms with Crippen LogP contribution < -0.4 is 5.73 Å². The van der Waals surface area contributed by atoms with Crippen LogP contribution in [-0.4, -0.2) is 45.1 Å². The fourth-order valence-corrected chi connectivity index (χ4v) is 5.24. The highest BCUT2D eigenvalue weighted by atomic mass is 35.5. The maximum Gasteiger partial charge on any atom is 0.252 e. The van der Waals surface area contributed by atoms with Crippen LogP contribution in [0.4, 0.5) is 0 Å². The Morgan fingerprint density at radius 3 is 2.57 bits per heavy atom. The van der Waals surface area contributed by atoms with Gasteiger partial charge in [0.15, 0.2) is 0 Å². The van der Waals surface area contributed by atoms with E-state index < -0.39 is 10.0 Å². The first-order valence-corrected chi connectivity index (χ1v) is 9.24. The van der Waals surface area contributed by atoms with Gasteiger partial charge in [0.2, 0.25) is 0 Å². The third-order valence-corrected chi connectivity index (χ3v) is 6.84. The van der Waals surface area contributed by atoms with Crippen LogP contribution in [0, 0.1) is 0 Å². The summed E-state index contributed by atoms with van der Waals surface area (Å²) in [6.45, 7) is 2.25. The maximum atomic E-state index is 12.4. The minimum Gasteiger partial charge on any atom is -0.378 e. The van der Waals surface area contributed by atoms with Crippen molar-refractivity contribution >= 4 is 45.4 Å². The molecule has 2 N–H and O–H groups in total. The highest BCUT2D eigenvalue weighted by Gasteiger charge is 2.30. The van der Waals surface area contributed by atoms with E-state index in [0.717, 1.165) is 30.6 Å². The Hall–Kier alpha value is 0.110. The Kier molecular flexibility index (Phi) is 7.91. The van der Waals surface area contributed by atoms with Crippen LogP contribution in [0.1, 0.15) is 19.3 Å². The summed E-state index contributed by atoms with van der Waals surface area (Å²) < 4.78 is 32.8. The molecule has 21 heavy (non-hydrogen) atoms. The van der Waals surface area contributed by atoms with E-state index in [1.165, 1.54) is 4.31 Å². The van der Waals surface area contributed by atoms with Gasteiger partial charge in [-0.25, -0.2) is 8.42 Å². The number of ether oxygens (including phenoxy) is 1. The second-order valence-corrected chi connectivity index (χ2v) is 8.55. The largest absolute Gasteiger partial charge is 0.378 e. The molecule has 0 aliphatic carbocycles. The van der Waals surface area contributed by atoms with E-state index in [0.29, 0.717) is 34.8 Å². The molecular weight excluding hydrogens is 355 g/mol. The topological polar surface area (TPSA) is 72.6 Å². The number of piperidine rings is 1. The molecular formula is C12H20Cl2N2O3S2. The van der Waals surface area contributed by atoms with Gasteiger partial charge in [-0.05, 0) is 37.9 Å². The van der Waals surface area contributed by atoms with Gasteiger partial charge in [0.1, 0.15) is 4.21 Å². The zero-order valence-corrected chi connectivity index (χ0v) is 14.7. The van der Waals surface area contributed by atoms with Gasteiger partial charge in [-0.15, -0.1) is 23.7 Å². The van der Waals surface area contributed by atoms with Crippen molar-refractivity contribution in [3.63, 3.8) is 0 Å². The van der Waals surface area contributed by atoms with Gasteiger partial charge in [-0.1, -0.05) is 11.6 Å². The minimum atomic E-state index is -3.40. The number of nitrogens with zero attached hydrogens (tertiary/aromatic N) is 1. The number of hydrogen-bond donors (Lipinski definition) is 1. The zero-order chi connectivity index (χ0) is 14.6. The van der Waals surface area contributed by atoms with E-state index in [1.807, 2.05) is 0 Å². The van der Waals surface area contributed by atoms with Gasteiger partial charge in [0, 0.05) is 19.7 Å². The van der Waals surface area contributed by atoms with Crippen LogP contribution in [0.5, 0.6) is 0 Å². The van der Waals surface area contributed by atoms with Crippen LogP contribution >= 0.6 is 35.3 Å². The first kappa shape index (κ1) is 19.2. The zero-order valence-electron chi connectivity index (χ0n) is 11.5. The summed E-state index contributed by atoms with van der Waals surface area (Å²) in [7, 11) is -3.40. The van der Waals surface area contributed by atoms with Gasteiger partial charge < -0.3 is 10.5 Å². The average Bonchev–Trinajstić information content (AvgIpc) is 2.87. The van der Waals surface area contributed by atoms with E-state index in [4.69, 9.17) is 22.1 Å². The van der Waals surface area contributed by atoms with Gasteiger partial charge in [-0.3, -0.25) is 0 Å². The number of halogens is 2. The summed E-state index contributed by atoms with van der Waals surface area (Å²) >= 11 is 6.90. The molecule has 1 saturated heterocycles. The molecule has 1 aromatic heterocycles. The second kappa shape index (κ2) is 8.67. The van der Waals surface area contributed by atoms with E-state index in [2.05, 4.69) is 0 Å². The van der Waals surface area contributed by atoms with Crippen LogP contribution in [0.15, 0.2) is 16.3 Å². The van der Waals surface area contributed by atoms with E-state index in [9.17, 15) is 8.42 Å². The first-order chi connectivity index (χ1) is 9.54. The lowest BCUT2D eigenvalue weighted by Crippen LogP contribution is -2.40. The fraction of sp³-hybridized carbons (Fsp3) is 0.667. The molecule has 2 heterocycles. The molecule has 1 aliphatic heterocycles. The summed E-state index contributed by atoms with van der Waals surface area (Å²) in [6, 6.07) is 3.17. The smallest absolute Gasteiger partial charge is 0.252 e. The highest BCUT2D eigenvalue weighted by molar-refractivity contribution is 7.91. The summed E-state index contributed by atoms with van der Waals surface area (Å²) in [5, 5.41) is 0. The molecule has 1 fully saturated rings. The summed E-state index contributed by atoms with van der Waals surface area (Å²) in [5.41, 5.74) is 5.41. The number of rotatable bonds is 6. The second-order valence-electron chi connectivity index (χ2n) is 4.68. The molecule has 9 heteroatoms. The molecule has 5 nitrogen and oxygen atoms in total. The Labute approximate surface area is 140 Å². The van der Waals surface area contributed by atoms with Crippen molar-refractivity contribution < 1.29 is 13.2 Å². The molecule has 0 spiro atoms. The number of sulfonamides is 1. The van der Waals surface area contributed by atoms with E-state index >= 15 is 0 Å². The first-order valence-electron chi connectivity index (χ1n) is 6.61. The third-order valence-electron chi connectivity index (χ3n) is 3.25. The summed E-state index contributed by atoms with van der Waals surface area (Å²) in [6.07, 6.45) is 2.43. The Bertz CT molecular complexity index is 528. The molecule has 0 unspecified atom stereocenters. The summed E-state index contributed by atoms with van der Waals surface area (Å²) in [5.74, 6) is 0. The highest BCUT2D eigenvalue weighted by Crippen LogP contribution is 2.29. The van der Waals surface area contributed by atoms with Crippen molar-refractivity contribution in [2.45, 2.75) is 29.6 Å². The van der Waals surface area contributed by atoms with Gasteiger partial charge >= 0.3 is 0 Å². The molecule has 2 rings (SSSR count). The third kappa shape index (κ3) is 5.06. The predicted molar refractivity (Wildman–Crippen MR) is 88.0 cm³/mol. The van der Waals surface area contributed by atoms with Gasteiger partial charge in [0.25, 0.3) is 10.0 Å². The lowest BCUT2D eigenvalue weighted by molar-refractivity contribution is 0.0209. The molecule has 0 saturated carbocycles. The Balaban J connectivity index is 0.00000220. The fourth-order valence-electron chi connectivity index (χ4n) is 2.14. The predicted octanol–water partition coefficient (Wildman–Crippen LogP) is 2.34. The quantitative estimate of drug-likeness (QED) is 0.775. The molecule has 0 aromatic carbocycles. The molecule has 0 amide bonds. The summed E-state index contributed by atoms with van der Waals surface area (Å²) in [4.78, 5) is 0. The van der Waals surface area contributed by atoms with Crippen molar-refractivity contribution in [1.82, 2.24) is 4.31 Å². The number of hydrogen-bond acceptors (Lipinski definition) is 5. The van der Waals surface area contributed by atoms with E-state index in [1.54, 1.807) is 12.1 Å². The van der Waals surface area contributed by atoms with Gasteiger partial charge in [0.05, 0.1) is 10.4 Å². The molecule has 0 atom stereocenters. The van der Waals surface area contributed by atoms with E-state index in [-0.39, 0.29) is 18.5 Å². The Morgan fingerprint density at radius 2 is 2.05 bits per heavy atom. The maximum absolute atomic E-state index is 12.4. The molecule has 0 bridgehead atoms. The van der Waals surface area contributed by atoms with Crippen LogP contribution in [0.25, 0.3) is 0 Å². The Morgan fingerprint density at radius 1 is 1.38 bits per heavy atom. The standard InChI is InChI=1S/C12H19ClN2O3S2.ClH/c13-11-2-3-12(19-11)20(16,17)15-7-4-10(5-8-15)18-9-1-6-14;/h2-3,10H,1,4-9,14H2;1H. The van der Waals surface area contributed by atoms with Gasteiger partial charge in [-0.2, -0.15) is 4.31 Å². The number of nitrogens with two attached hydrogens (primary N) is 1. The van der Waals surface area contributed by atoms with Crippen molar-refractivity contribution in [3.8, 4) is 0 Å². The minimum absolute atomic E-state index is 0. The van der Waals surface area contributed by atoms with Crippen molar-refractivity contribution in [3.05, 3.63) is 16.5 Å². The SMILES string of the molecule is Cl.NCCCOC1CCN(S(=O)(=O)c2ccc(Cl)s2)CC1. The average molecular weight is 375 g/mol. The molecule has 122 valence electrons. The van der Waals surface area contributed by atoms with Crippen LogP contribution in [0.2, 0.25) is 4.34 Å². The monoisotopic (exact) mass is 374 g/mol. The van der Waals surface area contributed by atoms with Crippen molar-refractivity contribution in [2.75, 3.05) is 26.2 Å². The molecule has 1 aliphatic rings.